The molecular weight excluding hydrogens is 360 g/mol. The monoisotopic (exact) mass is 380 g/mol. The maximum Gasteiger partial charge on any atom is 0.266 e. The van der Waals surface area contributed by atoms with E-state index in [1.165, 1.54) is 4.90 Å². The molecule has 5 nitrogen and oxygen atoms in total. The molecule has 1 aromatic heterocycles. The van der Waals surface area contributed by atoms with Crippen LogP contribution in [0.2, 0.25) is 0 Å². The summed E-state index contributed by atoms with van der Waals surface area (Å²) in [6, 6.07) is 25.9. The number of carbonyl (C=O) groups excluding carboxylic acids is 1. The normalized spacial score (nSPS) is 19.0. The highest BCUT2D eigenvalue weighted by Gasteiger charge is 2.49. The predicted octanol–water partition coefficient (Wildman–Crippen LogP) is 3.87. The number of nitrogens with two attached hydrogens (primary N) is 1. The van der Waals surface area contributed by atoms with E-state index in [0.29, 0.717) is 0 Å². The standard InChI is InChI=1S/C24H20N4O/c1-28-22(29)24(27-23(28)25,19-7-3-2-4-8-19)20-9-5-6-16(15-20)17-10-11-21-18(14-17)12-13-26-21/h2-15,26H,1H3,(H2,25,27). The largest absolute Gasteiger partial charge is 0.369 e. The van der Waals surface area contributed by atoms with Crippen LogP contribution in [0.4, 0.5) is 0 Å². The number of nitrogens with one attached hydrogen (secondary N) is 1. The predicted molar refractivity (Wildman–Crippen MR) is 115 cm³/mol. The van der Waals surface area contributed by atoms with Gasteiger partial charge in [-0.05, 0) is 51.9 Å². The van der Waals surface area contributed by atoms with Gasteiger partial charge in [0.2, 0.25) is 0 Å². The van der Waals surface area contributed by atoms with Gasteiger partial charge in [0.15, 0.2) is 11.5 Å². The summed E-state index contributed by atoms with van der Waals surface area (Å²) >= 11 is 0. The second-order valence-corrected chi connectivity index (χ2v) is 7.27. The number of aromatic amines is 1. The van der Waals surface area contributed by atoms with Gasteiger partial charge in [-0.15, -0.1) is 0 Å². The van der Waals surface area contributed by atoms with Crippen molar-refractivity contribution in [1.82, 2.24) is 9.88 Å². The quantitative estimate of drug-likeness (QED) is 0.566. The van der Waals surface area contributed by atoms with E-state index < -0.39 is 5.54 Å². The Morgan fingerprint density at radius 2 is 1.66 bits per heavy atom. The van der Waals surface area contributed by atoms with Gasteiger partial charge in [0, 0.05) is 18.8 Å². The molecule has 4 aromatic rings. The number of likely N-dealkylation sites (N-methyl/N-ethyl adjacent to an activating group) is 1. The number of amides is 1. The van der Waals surface area contributed by atoms with Crippen molar-refractivity contribution in [3.05, 3.63) is 96.2 Å². The number of hydrogen-bond donors (Lipinski definition) is 2. The van der Waals surface area contributed by atoms with Gasteiger partial charge < -0.3 is 10.7 Å². The molecule has 3 N–H and O–H groups in total. The van der Waals surface area contributed by atoms with E-state index in [1.54, 1.807) is 7.05 Å². The van der Waals surface area contributed by atoms with Gasteiger partial charge in [-0.1, -0.05) is 54.6 Å². The molecule has 1 aliphatic heterocycles. The van der Waals surface area contributed by atoms with E-state index in [1.807, 2.05) is 60.8 Å². The zero-order valence-electron chi connectivity index (χ0n) is 16.0. The Balaban J connectivity index is 1.70. The van der Waals surface area contributed by atoms with Crippen molar-refractivity contribution >= 4 is 22.8 Å². The molecule has 0 saturated carbocycles. The summed E-state index contributed by atoms with van der Waals surface area (Å²) in [5.41, 5.74) is 9.70. The molecular formula is C24H20N4O. The van der Waals surface area contributed by atoms with Gasteiger partial charge in [0.05, 0.1) is 0 Å². The summed E-state index contributed by atoms with van der Waals surface area (Å²) in [6.45, 7) is 0. The molecule has 0 fully saturated rings. The first-order valence-corrected chi connectivity index (χ1v) is 9.47. The first-order valence-electron chi connectivity index (χ1n) is 9.47. The molecule has 1 amide bonds. The van der Waals surface area contributed by atoms with E-state index in [4.69, 9.17) is 5.73 Å². The molecule has 3 aromatic carbocycles. The van der Waals surface area contributed by atoms with E-state index in [2.05, 4.69) is 34.2 Å². The summed E-state index contributed by atoms with van der Waals surface area (Å²) in [6.07, 6.45) is 1.93. The van der Waals surface area contributed by atoms with Gasteiger partial charge in [0.25, 0.3) is 5.91 Å². The lowest BCUT2D eigenvalue weighted by atomic mass is 9.81. The highest BCUT2D eigenvalue weighted by Crippen LogP contribution is 2.40. The molecule has 142 valence electrons. The minimum atomic E-state index is -1.17. The van der Waals surface area contributed by atoms with Gasteiger partial charge >= 0.3 is 0 Å². The minimum absolute atomic E-state index is 0.153. The van der Waals surface area contributed by atoms with Crippen LogP contribution in [0, 0.1) is 0 Å². The maximum atomic E-state index is 13.4. The Morgan fingerprint density at radius 1 is 0.897 bits per heavy atom. The van der Waals surface area contributed by atoms with E-state index in [0.717, 1.165) is 33.2 Å². The van der Waals surface area contributed by atoms with Crippen molar-refractivity contribution in [1.29, 1.82) is 0 Å². The van der Waals surface area contributed by atoms with Crippen LogP contribution in [0.3, 0.4) is 0 Å². The second-order valence-electron chi connectivity index (χ2n) is 7.27. The Labute approximate surface area is 168 Å². The lowest BCUT2D eigenvalue weighted by molar-refractivity contribution is -0.129. The number of benzene rings is 3. The van der Waals surface area contributed by atoms with Crippen LogP contribution >= 0.6 is 0 Å². The van der Waals surface area contributed by atoms with E-state index in [-0.39, 0.29) is 11.9 Å². The molecule has 1 atom stereocenters. The van der Waals surface area contributed by atoms with Gasteiger partial charge in [-0.2, -0.15) is 0 Å². The molecule has 0 radical (unpaired) electrons. The van der Waals surface area contributed by atoms with Crippen molar-refractivity contribution in [2.24, 2.45) is 10.7 Å². The van der Waals surface area contributed by atoms with Gasteiger partial charge in [-0.3, -0.25) is 9.69 Å². The Kier molecular flexibility index (Phi) is 3.77. The molecule has 2 heterocycles. The fourth-order valence-corrected chi connectivity index (χ4v) is 4.02. The molecule has 0 saturated heterocycles. The van der Waals surface area contributed by atoms with Gasteiger partial charge in [-0.25, -0.2) is 4.99 Å². The number of guanidine groups is 1. The highest BCUT2D eigenvalue weighted by molar-refractivity contribution is 6.09. The van der Waals surface area contributed by atoms with Crippen LogP contribution in [-0.4, -0.2) is 28.8 Å². The Hall–Kier alpha value is -3.86. The molecule has 1 aliphatic rings. The highest BCUT2D eigenvalue weighted by atomic mass is 16.2. The number of fused-ring (bicyclic) bond motifs is 1. The van der Waals surface area contributed by atoms with Crippen molar-refractivity contribution in [3.8, 4) is 11.1 Å². The first-order chi connectivity index (χ1) is 14.1. The zero-order chi connectivity index (χ0) is 20.0. The first kappa shape index (κ1) is 17.3. The van der Waals surface area contributed by atoms with E-state index >= 15 is 0 Å². The van der Waals surface area contributed by atoms with Crippen LogP contribution < -0.4 is 5.73 Å². The van der Waals surface area contributed by atoms with Crippen LogP contribution in [-0.2, 0) is 10.3 Å². The molecule has 5 rings (SSSR count). The lowest BCUT2D eigenvalue weighted by Gasteiger charge is -2.26. The van der Waals surface area contributed by atoms with Crippen molar-refractivity contribution in [2.75, 3.05) is 7.05 Å². The number of carbonyl (C=O) groups is 1. The topological polar surface area (TPSA) is 74.5 Å². The average Bonchev–Trinajstić information content (AvgIpc) is 3.33. The summed E-state index contributed by atoms with van der Waals surface area (Å²) in [5, 5.41) is 1.14. The van der Waals surface area contributed by atoms with Crippen molar-refractivity contribution in [2.45, 2.75) is 5.54 Å². The summed E-state index contributed by atoms with van der Waals surface area (Å²) in [4.78, 5) is 22.7. The number of aromatic nitrogens is 1. The van der Waals surface area contributed by atoms with E-state index in [9.17, 15) is 4.79 Å². The van der Waals surface area contributed by atoms with Crippen LogP contribution in [0.15, 0.2) is 90.1 Å². The third-order valence-corrected chi connectivity index (χ3v) is 5.60. The third-order valence-electron chi connectivity index (χ3n) is 5.60. The fraction of sp³-hybridized carbons (Fsp3) is 0.0833. The number of nitrogens with zero attached hydrogens (tertiary/aromatic N) is 2. The van der Waals surface area contributed by atoms with Crippen molar-refractivity contribution < 1.29 is 4.79 Å². The lowest BCUT2D eigenvalue weighted by Crippen LogP contribution is -2.41. The number of aliphatic imine (C=N–C) groups is 1. The zero-order valence-corrected chi connectivity index (χ0v) is 16.0. The molecule has 5 heteroatoms. The van der Waals surface area contributed by atoms with Gasteiger partial charge in [0.1, 0.15) is 0 Å². The molecule has 29 heavy (non-hydrogen) atoms. The molecule has 1 unspecified atom stereocenters. The maximum absolute atomic E-state index is 13.4. The van der Waals surface area contributed by atoms with Crippen LogP contribution in [0.5, 0.6) is 0 Å². The van der Waals surface area contributed by atoms with Crippen molar-refractivity contribution in [3.63, 3.8) is 0 Å². The number of hydrogen-bond acceptors (Lipinski definition) is 3. The smallest absolute Gasteiger partial charge is 0.266 e. The third kappa shape index (κ3) is 2.55. The molecule has 0 spiro atoms. The van der Waals surface area contributed by atoms with Crippen LogP contribution in [0.25, 0.3) is 22.0 Å². The van der Waals surface area contributed by atoms with Crippen LogP contribution in [0.1, 0.15) is 11.1 Å². The molecule has 0 aliphatic carbocycles. The number of rotatable bonds is 3. The number of H-pyrrole nitrogens is 1. The fourth-order valence-electron chi connectivity index (χ4n) is 4.02. The second kappa shape index (κ2) is 6.34. The summed E-state index contributed by atoms with van der Waals surface area (Å²) < 4.78 is 0. The SMILES string of the molecule is CN1C(=O)C(c2ccccc2)(c2cccc(-c3ccc4[nH]ccc4c3)c2)N=C1N. The Morgan fingerprint density at radius 3 is 2.41 bits per heavy atom. The summed E-state index contributed by atoms with van der Waals surface area (Å²) in [7, 11) is 1.66. The Bertz CT molecular complexity index is 1260. The molecule has 0 bridgehead atoms. The summed E-state index contributed by atoms with van der Waals surface area (Å²) in [5.74, 6) is 0.0671. The average molecular weight is 380 g/mol. The minimum Gasteiger partial charge on any atom is -0.369 e.